The number of hydrogen-bond donors (Lipinski definition) is 7. The van der Waals surface area contributed by atoms with Crippen LogP contribution in [0.15, 0.2) is 85.1 Å². The third-order valence-corrected chi connectivity index (χ3v) is 11.5. The average Bonchev–Trinajstić information content (AvgIpc) is 3.27. The third kappa shape index (κ3) is 36.7. The lowest BCUT2D eigenvalue weighted by molar-refractivity contribution is -0.199. The fraction of sp³-hybridized carbons (Fsp3) is 0.667. The van der Waals surface area contributed by atoms with Crippen LogP contribution in [-0.2, 0) is 46.5 Å². The van der Waals surface area contributed by atoms with Crippen LogP contribution >= 0.6 is 15.6 Å². The molecule has 0 saturated carbocycles. The van der Waals surface area contributed by atoms with Gasteiger partial charge in [0.25, 0.3) is 0 Å². The van der Waals surface area contributed by atoms with Gasteiger partial charge in [-0.15, -0.1) is 0 Å². The molecule has 0 spiro atoms. The minimum Gasteiger partial charge on any atom is -0.462 e. The molecule has 0 aromatic rings. The third-order valence-electron chi connectivity index (χ3n) is 10.1. The van der Waals surface area contributed by atoms with Crippen LogP contribution < -0.4 is 0 Å². The number of carbonyl (C=O) groups is 2. The Kier molecular flexibility index (Phi) is 36.1. The molecule has 0 amide bonds. The van der Waals surface area contributed by atoms with Crippen LogP contribution in [-0.4, -0.2) is 110 Å². The molecule has 0 aromatic heterocycles. The van der Waals surface area contributed by atoms with E-state index in [1.807, 2.05) is 12.2 Å². The molecule has 0 bridgehead atoms. The van der Waals surface area contributed by atoms with Gasteiger partial charge in [0, 0.05) is 25.2 Å². The lowest BCUT2D eigenvalue weighted by atomic mass is 9.87. The van der Waals surface area contributed by atoms with Crippen molar-refractivity contribution in [3.8, 4) is 0 Å². The van der Waals surface area contributed by atoms with Gasteiger partial charge in [0.15, 0.2) is 12.4 Å². The number of allylic oxidation sites excluding steroid dienone is 12. The van der Waals surface area contributed by atoms with E-state index in [9.17, 15) is 44.0 Å². The van der Waals surface area contributed by atoms with Gasteiger partial charge in [-0.2, -0.15) is 0 Å². The first-order valence-electron chi connectivity index (χ1n) is 23.7. The molecule has 384 valence electrons. The van der Waals surface area contributed by atoms with Crippen molar-refractivity contribution in [2.75, 3.05) is 26.4 Å². The lowest BCUT2D eigenvalue weighted by Gasteiger charge is -2.36. The van der Waals surface area contributed by atoms with E-state index in [1.54, 1.807) is 12.2 Å². The first-order chi connectivity index (χ1) is 32.0. The van der Waals surface area contributed by atoms with Gasteiger partial charge in [-0.05, 0) is 77.0 Å². The largest absolute Gasteiger partial charge is 0.472 e. The standard InChI is InChI=1S/C48H80O17P2/c1-3-5-7-8-9-10-11-12-13-14-15-16-17-18-19-20-21-22-27-31-46(52)60-38-42(39-63-67(58,59)62-37-41(50)36-61-66(55,56)57)64-47(53)32-28-24-23-26-30-43-44(51)35-48(54)65-45(43)34-33-40(49)29-25-6-4-2/h5,7,9-10,12-13,15-16,18-19,23,26,33-34,40-45,48-51,54H,3-4,6,8,11,14,17,20-22,24-25,27-32,35-39H2,1-2H3,(H,58,59)(H2,55,56,57)/b7-5-,10-9-,13-12-,16-15-,19-18-,26-23-,34-33+/t40-,41-,42+,43-,44-,45+,48?/m0/s1. The summed E-state index contributed by atoms with van der Waals surface area (Å²) in [6.07, 6.45) is 34.7. The van der Waals surface area contributed by atoms with Crippen molar-refractivity contribution < 1.29 is 81.6 Å². The monoisotopic (exact) mass is 990 g/mol. The number of rotatable bonds is 39. The topological polar surface area (TPSA) is 265 Å². The van der Waals surface area contributed by atoms with Crippen LogP contribution in [0.5, 0.6) is 0 Å². The van der Waals surface area contributed by atoms with E-state index in [1.165, 1.54) is 0 Å². The zero-order valence-corrected chi connectivity index (χ0v) is 41.3. The minimum absolute atomic E-state index is 0.0501. The Bertz CT molecular complexity index is 1620. The molecule has 19 heteroatoms. The van der Waals surface area contributed by atoms with Crippen LogP contribution in [0.25, 0.3) is 0 Å². The van der Waals surface area contributed by atoms with Crippen LogP contribution in [0.4, 0.5) is 0 Å². The highest BCUT2D eigenvalue weighted by molar-refractivity contribution is 7.47. The summed E-state index contributed by atoms with van der Waals surface area (Å²) >= 11 is 0. The Morgan fingerprint density at radius 1 is 0.672 bits per heavy atom. The number of hydrogen-bond acceptors (Lipinski definition) is 14. The van der Waals surface area contributed by atoms with Gasteiger partial charge >= 0.3 is 27.6 Å². The highest BCUT2D eigenvalue weighted by Crippen LogP contribution is 2.44. The van der Waals surface area contributed by atoms with Crippen molar-refractivity contribution >= 4 is 27.6 Å². The van der Waals surface area contributed by atoms with Crippen LogP contribution in [0.2, 0.25) is 0 Å². The highest BCUT2D eigenvalue weighted by Gasteiger charge is 2.35. The molecule has 1 fully saturated rings. The van der Waals surface area contributed by atoms with Crippen molar-refractivity contribution in [2.45, 2.75) is 173 Å². The maximum Gasteiger partial charge on any atom is 0.472 e. The molecule has 1 heterocycles. The summed E-state index contributed by atoms with van der Waals surface area (Å²) in [5, 5.41) is 40.8. The molecule has 67 heavy (non-hydrogen) atoms. The van der Waals surface area contributed by atoms with Crippen LogP contribution in [0, 0.1) is 5.92 Å². The highest BCUT2D eigenvalue weighted by atomic mass is 31.2. The molecule has 2 unspecified atom stereocenters. The number of aliphatic hydroxyl groups is 4. The number of carbonyl (C=O) groups excluding carboxylic acids is 2. The molecule has 1 rings (SSSR count). The number of unbranched alkanes of at least 4 members (excludes halogenated alkanes) is 6. The number of aliphatic hydroxyl groups excluding tert-OH is 4. The molecule has 1 aliphatic rings. The number of phosphoric acid groups is 2. The second-order valence-corrected chi connectivity index (χ2v) is 18.9. The second-order valence-electron chi connectivity index (χ2n) is 16.2. The van der Waals surface area contributed by atoms with Gasteiger partial charge in [0.1, 0.15) is 12.7 Å². The molecule has 1 saturated heterocycles. The Labute approximate surface area is 398 Å². The van der Waals surface area contributed by atoms with Gasteiger partial charge in [0.2, 0.25) is 0 Å². The lowest BCUT2D eigenvalue weighted by Crippen LogP contribution is -2.43. The van der Waals surface area contributed by atoms with Gasteiger partial charge in [-0.1, -0.05) is 125 Å². The maximum absolute atomic E-state index is 12.8. The Morgan fingerprint density at radius 3 is 1.90 bits per heavy atom. The zero-order chi connectivity index (χ0) is 49.6. The average molecular weight is 991 g/mol. The predicted octanol–water partition coefficient (Wildman–Crippen LogP) is 8.45. The van der Waals surface area contributed by atoms with E-state index in [-0.39, 0.29) is 25.2 Å². The van der Waals surface area contributed by atoms with Gasteiger partial charge < -0.3 is 49.3 Å². The summed E-state index contributed by atoms with van der Waals surface area (Å²) in [4.78, 5) is 53.1. The van der Waals surface area contributed by atoms with Crippen LogP contribution in [0.3, 0.4) is 0 Å². The Morgan fingerprint density at radius 2 is 1.25 bits per heavy atom. The Hall–Kier alpha value is -2.86. The first kappa shape index (κ1) is 62.2. The van der Waals surface area contributed by atoms with Crippen LogP contribution in [0.1, 0.15) is 136 Å². The van der Waals surface area contributed by atoms with E-state index in [4.69, 9.17) is 28.5 Å². The number of ether oxygens (including phenoxy) is 3. The maximum atomic E-state index is 12.8. The van der Waals surface area contributed by atoms with Gasteiger partial charge in [-0.25, -0.2) is 9.13 Å². The van der Waals surface area contributed by atoms with Crippen molar-refractivity contribution in [2.24, 2.45) is 5.92 Å². The smallest absolute Gasteiger partial charge is 0.462 e. The molecular formula is C48H80O17P2. The number of phosphoric ester groups is 2. The molecule has 17 nitrogen and oxygen atoms in total. The zero-order valence-electron chi connectivity index (χ0n) is 39.5. The molecular weight excluding hydrogens is 910 g/mol. The fourth-order valence-electron chi connectivity index (χ4n) is 6.41. The Balaban J connectivity index is 2.60. The normalized spacial score (nSPS) is 20.9. The second kappa shape index (κ2) is 38.9. The van der Waals surface area contributed by atoms with Crippen molar-refractivity contribution in [1.82, 2.24) is 0 Å². The van der Waals surface area contributed by atoms with Crippen molar-refractivity contribution in [1.29, 1.82) is 0 Å². The summed E-state index contributed by atoms with van der Waals surface area (Å²) in [7, 11) is -9.81. The van der Waals surface area contributed by atoms with E-state index in [0.29, 0.717) is 32.1 Å². The summed E-state index contributed by atoms with van der Waals surface area (Å²) in [5.74, 6) is -1.65. The molecule has 0 aliphatic carbocycles. The summed E-state index contributed by atoms with van der Waals surface area (Å²) in [6.45, 7) is 1.18. The number of esters is 2. The van der Waals surface area contributed by atoms with Gasteiger partial charge in [0.05, 0.1) is 38.1 Å². The van der Waals surface area contributed by atoms with Gasteiger partial charge in [-0.3, -0.25) is 23.2 Å². The van der Waals surface area contributed by atoms with E-state index in [2.05, 4.69) is 83.7 Å². The molecule has 8 atom stereocenters. The molecule has 1 aliphatic heterocycles. The quantitative estimate of drug-likeness (QED) is 0.0132. The summed E-state index contributed by atoms with van der Waals surface area (Å²) in [6, 6.07) is 0. The minimum atomic E-state index is -4.91. The first-order valence-corrected chi connectivity index (χ1v) is 26.7. The summed E-state index contributed by atoms with van der Waals surface area (Å²) < 4.78 is 53.5. The van der Waals surface area contributed by atoms with Crippen molar-refractivity contribution in [3.63, 3.8) is 0 Å². The SMILES string of the molecule is CC/C=C\C/C=C\C/C=C\C/C=C\C/C=C\CCCCCC(=O)OC[C@H](COP(=O)(O)OC[C@@H](O)COP(=O)(O)O)OC(=O)CCC/C=C\C[C@H]1[C@@H](O)CC(O)O[C@@H]1/C=C/[C@@H](O)CCCCC. The van der Waals surface area contributed by atoms with E-state index < -0.39 is 90.8 Å². The van der Waals surface area contributed by atoms with E-state index in [0.717, 1.165) is 70.6 Å². The molecule has 7 N–H and O–H groups in total. The van der Waals surface area contributed by atoms with E-state index >= 15 is 0 Å². The summed E-state index contributed by atoms with van der Waals surface area (Å²) in [5.41, 5.74) is 0. The molecule has 0 radical (unpaired) electrons. The van der Waals surface area contributed by atoms with Crippen molar-refractivity contribution in [3.05, 3.63) is 85.1 Å². The molecule has 0 aromatic carbocycles. The predicted molar refractivity (Wildman–Crippen MR) is 256 cm³/mol. The fourth-order valence-corrected chi connectivity index (χ4v) is 7.57.